The van der Waals surface area contributed by atoms with Crippen molar-refractivity contribution in [2.45, 2.75) is 5.37 Å². The summed E-state index contributed by atoms with van der Waals surface area (Å²) in [6.07, 6.45) is 0. The van der Waals surface area contributed by atoms with E-state index < -0.39 is 0 Å². The third-order valence-corrected chi connectivity index (χ3v) is 8.58. The first-order valence-electron chi connectivity index (χ1n) is 13.4. The molecule has 0 bridgehead atoms. The van der Waals surface area contributed by atoms with Crippen molar-refractivity contribution in [2.24, 2.45) is 0 Å². The number of nitrogens with zero attached hydrogens (tertiary/aromatic N) is 3. The fourth-order valence-corrected chi connectivity index (χ4v) is 6.52. The average molecular weight is 552 g/mol. The van der Waals surface area contributed by atoms with Gasteiger partial charge in [0.05, 0.1) is 22.3 Å². The van der Waals surface area contributed by atoms with Crippen molar-refractivity contribution in [1.82, 2.24) is 9.55 Å². The Morgan fingerprint density at radius 3 is 1.88 bits per heavy atom. The minimum Gasteiger partial charge on any atom is -0.295 e. The van der Waals surface area contributed by atoms with Crippen molar-refractivity contribution in [2.75, 3.05) is 10.7 Å². The molecule has 1 aromatic heterocycles. The Morgan fingerprint density at radius 1 is 0.610 bits per heavy atom. The summed E-state index contributed by atoms with van der Waals surface area (Å²) in [5.74, 6) is 1.19. The van der Waals surface area contributed by atoms with Gasteiger partial charge in [-0.3, -0.25) is 19.1 Å². The van der Waals surface area contributed by atoms with Gasteiger partial charge in [0.1, 0.15) is 11.2 Å². The van der Waals surface area contributed by atoms with Gasteiger partial charge in [0.15, 0.2) is 0 Å². The first kappa shape index (κ1) is 25.1. The average Bonchev–Trinajstić information content (AvgIpc) is 3.43. The summed E-state index contributed by atoms with van der Waals surface area (Å²) in [6, 6.07) is 43.4. The summed E-state index contributed by atoms with van der Waals surface area (Å²) in [6.45, 7) is 0. The fourth-order valence-electron chi connectivity index (χ4n) is 5.34. The summed E-state index contributed by atoms with van der Waals surface area (Å²) in [5, 5.41) is 0.553. The second kappa shape index (κ2) is 10.6. The molecule has 1 aliphatic heterocycles. The van der Waals surface area contributed by atoms with Crippen LogP contribution in [0, 0.1) is 0 Å². The van der Waals surface area contributed by atoms with E-state index in [-0.39, 0.29) is 16.8 Å². The standard InChI is InChI=1S/C35H25N3O2S/c39-32-23-41-35(27-11-5-2-6-12-27)37(32)28-19-15-24(16-20-28)25-17-21-29(22-18-25)38-33(26-9-3-1-4-10-26)36-31-14-8-7-13-30(31)34(38)40/h1-22,35H,23H2. The number of fused-ring (bicyclic) bond motifs is 1. The van der Waals surface area contributed by atoms with Gasteiger partial charge in [-0.1, -0.05) is 97.1 Å². The summed E-state index contributed by atoms with van der Waals surface area (Å²) < 4.78 is 1.69. The molecule has 0 N–H and O–H groups in total. The molecule has 1 amide bonds. The molecule has 6 aromatic rings. The van der Waals surface area contributed by atoms with Gasteiger partial charge in [-0.15, -0.1) is 11.8 Å². The maximum atomic E-state index is 13.7. The molecule has 6 heteroatoms. The third-order valence-electron chi connectivity index (χ3n) is 7.36. The Balaban J connectivity index is 1.23. The molecule has 198 valence electrons. The number of carbonyl (C=O) groups is 1. The predicted molar refractivity (Wildman–Crippen MR) is 167 cm³/mol. The van der Waals surface area contributed by atoms with Crippen LogP contribution in [0.15, 0.2) is 138 Å². The van der Waals surface area contributed by atoms with Crippen LogP contribution in [-0.2, 0) is 4.79 Å². The van der Waals surface area contributed by atoms with E-state index in [4.69, 9.17) is 4.98 Å². The molecule has 1 saturated heterocycles. The minimum atomic E-state index is -0.104. The number of carbonyl (C=O) groups excluding carboxylic acids is 1. The largest absolute Gasteiger partial charge is 0.295 e. The molecule has 5 aromatic carbocycles. The Kier molecular flexibility index (Phi) is 6.45. The van der Waals surface area contributed by atoms with Crippen LogP contribution in [0.5, 0.6) is 0 Å². The number of benzene rings is 5. The Hall–Kier alpha value is -4.94. The predicted octanol–water partition coefficient (Wildman–Crippen LogP) is 7.50. The van der Waals surface area contributed by atoms with Gasteiger partial charge in [-0.2, -0.15) is 0 Å². The molecule has 1 aliphatic rings. The van der Waals surface area contributed by atoms with E-state index in [1.165, 1.54) is 0 Å². The van der Waals surface area contributed by atoms with E-state index >= 15 is 0 Å². The second-order valence-electron chi connectivity index (χ2n) is 9.89. The van der Waals surface area contributed by atoms with Gasteiger partial charge in [-0.25, -0.2) is 4.98 Å². The highest BCUT2D eigenvalue weighted by Crippen LogP contribution is 2.42. The maximum absolute atomic E-state index is 13.7. The fraction of sp³-hybridized carbons (Fsp3) is 0.0571. The van der Waals surface area contributed by atoms with E-state index in [2.05, 4.69) is 12.1 Å². The van der Waals surface area contributed by atoms with E-state index in [1.807, 2.05) is 126 Å². The zero-order valence-corrected chi connectivity index (χ0v) is 22.9. The molecule has 5 nitrogen and oxygen atoms in total. The lowest BCUT2D eigenvalue weighted by Crippen LogP contribution is -2.27. The highest BCUT2D eigenvalue weighted by molar-refractivity contribution is 8.00. The number of rotatable bonds is 5. The lowest BCUT2D eigenvalue weighted by atomic mass is 10.0. The first-order valence-corrected chi connectivity index (χ1v) is 14.5. The number of hydrogen-bond donors (Lipinski definition) is 0. The Labute approximate surface area is 241 Å². The summed E-state index contributed by atoms with van der Waals surface area (Å²) in [5.41, 5.74) is 6.25. The van der Waals surface area contributed by atoms with Gasteiger partial charge < -0.3 is 0 Å². The van der Waals surface area contributed by atoms with Crippen LogP contribution in [0.25, 0.3) is 39.1 Å². The van der Waals surface area contributed by atoms with E-state index in [1.54, 1.807) is 16.3 Å². The maximum Gasteiger partial charge on any atom is 0.266 e. The molecule has 2 heterocycles. The molecule has 0 spiro atoms. The third kappa shape index (κ3) is 4.62. The van der Waals surface area contributed by atoms with Gasteiger partial charge >= 0.3 is 0 Å². The van der Waals surface area contributed by atoms with Crippen LogP contribution in [-0.4, -0.2) is 21.2 Å². The molecule has 1 unspecified atom stereocenters. The van der Waals surface area contributed by atoms with Crippen molar-refractivity contribution >= 4 is 34.3 Å². The van der Waals surface area contributed by atoms with E-state index in [0.29, 0.717) is 22.5 Å². The van der Waals surface area contributed by atoms with Gasteiger partial charge in [0.2, 0.25) is 5.91 Å². The van der Waals surface area contributed by atoms with Gasteiger partial charge in [0.25, 0.3) is 5.56 Å². The quantitative estimate of drug-likeness (QED) is 0.223. The Morgan fingerprint density at radius 2 is 1.20 bits per heavy atom. The molecular weight excluding hydrogens is 526 g/mol. The number of amides is 1. The van der Waals surface area contributed by atoms with Crippen molar-refractivity contribution in [3.8, 4) is 28.2 Å². The lowest BCUT2D eigenvalue weighted by Gasteiger charge is -2.24. The smallest absolute Gasteiger partial charge is 0.266 e. The molecule has 0 aliphatic carbocycles. The van der Waals surface area contributed by atoms with Crippen molar-refractivity contribution in [3.05, 3.63) is 149 Å². The van der Waals surface area contributed by atoms with Crippen molar-refractivity contribution in [1.29, 1.82) is 0 Å². The second-order valence-corrected chi connectivity index (χ2v) is 11.0. The molecule has 1 fully saturated rings. The summed E-state index contributed by atoms with van der Waals surface area (Å²) in [7, 11) is 0. The molecule has 7 rings (SSSR count). The van der Waals surface area contributed by atoms with Crippen LogP contribution >= 0.6 is 11.8 Å². The van der Waals surface area contributed by atoms with Gasteiger partial charge in [-0.05, 0) is 53.1 Å². The van der Waals surface area contributed by atoms with Crippen molar-refractivity contribution < 1.29 is 4.79 Å². The van der Waals surface area contributed by atoms with E-state index in [0.717, 1.165) is 33.6 Å². The van der Waals surface area contributed by atoms with Crippen LogP contribution in [0.3, 0.4) is 0 Å². The van der Waals surface area contributed by atoms with E-state index in [9.17, 15) is 9.59 Å². The number of anilines is 1. The first-order chi connectivity index (χ1) is 20.2. The van der Waals surface area contributed by atoms with Gasteiger partial charge in [0, 0.05) is 11.3 Å². The zero-order chi connectivity index (χ0) is 27.8. The lowest BCUT2D eigenvalue weighted by molar-refractivity contribution is -0.115. The molecule has 0 radical (unpaired) electrons. The van der Waals surface area contributed by atoms with Crippen LogP contribution in [0.4, 0.5) is 5.69 Å². The highest BCUT2D eigenvalue weighted by atomic mass is 32.2. The molecular formula is C35H25N3O2S. The van der Waals surface area contributed by atoms with Crippen LogP contribution in [0.2, 0.25) is 0 Å². The summed E-state index contributed by atoms with van der Waals surface area (Å²) >= 11 is 1.65. The molecule has 41 heavy (non-hydrogen) atoms. The minimum absolute atomic E-state index is 0.0264. The normalized spacial score (nSPS) is 15.0. The topological polar surface area (TPSA) is 55.2 Å². The SMILES string of the molecule is O=C1CSC(c2ccccc2)N1c1ccc(-c2ccc(-n3c(-c4ccccc4)nc4ccccc4c3=O)cc2)cc1. The monoisotopic (exact) mass is 551 g/mol. The zero-order valence-electron chi connectivity index (χ0n) is 22.1. The number of aromatic nitrogens is 2. The summed E-state index contributed by atoms with van der Waals surface area (Å²) in [4.78, 5) is 33.2. The number of para-hydroxylation sites is 1. The highest BCUT2D eigenvalue weighted by Gasteiger charge is 2.33. The van der Waals surface area contributed by atoms with Crippen LogP contribution in [0.1, 0.15) is 10.9 Å². The Bertz CT molecular complexity index is 1920. The number of thioether (sulfide) groups is 1. The van der Waals surface area contributed by atoms with Crippen molar-refractivity contribution in [3.63, 3.8) is 0 Å². The molecule has 1 atom stereocenters. The van der Waals surface area contributed by atoms with Crippen LogP contribution < -0.4 is 10.5 Å². The molecule has 0 saturated carbocycles. The number of hydrogen-bond acceptors (Lipinski definition) is 4.